The van der Waals surface area contributed by atoms with E-state index in [0.717, 1.165) is 12.5 Å². The molecule has 0 radical (unpaired) electrons. The van der Waals surface area contributed by atoms with Crippen molar-refractivity contribution in [3.8, 4) is 0 Å². The number of hydrogen-bond acceptors (Lipinski definition) is 2. The standard InChI is InChI=1S/C15H24N2/c1-13-3-5-15(6-4-13)12-17-9-7-14(8-10-17)11-16-2/h3-6,14,16H,7-12H2,1-2H3. The van der Waals surface area contributed by atoms with E-state index in [4.69, 9.17) is 0 Å². The zero-order valence-electron chi connectivity index (χ0n) is 11.1. The highest BCUT2D eigenvalue weighted by molar-refractivity contribution is 5.21. The van der Waals surface area contributed by atoms with E-state index in [1.165, 1.54) is 43.6 Å². The van der Waals surface area contributed by atoms with Crippen LogP contribution in [0.15, 0.2) is 24.3 Å². The normalized spacial score (nSPS) is 18.5. The highest BCUT2D eigenvalue weighted by atomic mass is 15.1. The summed E-state index contributed by atoms with van der Waals surface area (Å²) in [6.45, 7) is 6.94. The summed E-state index contributed by atoms with van der Waals surface area (Å²) in [7, 11) is 2.05. The maximum atomic E-state index is 3.29. The predicted octanol–water partition coefficient (Wildman–Crippen LogP) is 2.43. The van der Waals surface area contributed by atoms with Gasteiger partial charge in [-0.05, 0) is 57.9 Å². The van der Waals surface area contributed by atoms with Crippen LogP contribution in [0, 0.1) is 12.8 Å². The van der Waals surface area contributed by atoms with E-state index < -0.39 is 0 Å². The lowest BCUT2D eigenvalue weighted by molar-refractivity contribution is 0.177. The van der Waals surface area contributed by atoms with Crippen molar-refractivity contribution in [3.05, 3.63) is 35.4 Å². The Morgan fingerprint density at radius 1 is 1.18 bits per heavy atom. The number of rotatable bonds is 4. The molecule has 0 aliphatic carbocycles. The van der Waals surface area contributed by atoms with Crippen molar-refractivity contribution in [3.63, 3.8) is 0 Å². The Labute approximate surface area is 105 Å². The van der Waals surface area contributed by atoms with Crippen molar-refractivity contribution in [2.75, 3.05) is 26.7 Å². The molecule has 17 heavy (non-hydrogen) atoms. The Kier molecular flexibility index (Phi) is 4.57. The van der Waals surface area contributed by atoms with Crippen molar-refractivity contribution in [1.82, 2.24) is 10.2 Å². The van der Waals surface area contributed by atoms with Gasteiger partial charge in [-0.3, -0.25) is 4.90 Å². The monoisotopic (exact) mass is 232 g/mol. The van der Waals surface area contributed by atoms with E-state index in [0.29, 0.717) is 0 Å². The van der Waals surface area contributed by atoms with Crippen LogP contribution in [0.4, 0.5) is 0 Å². The minimum atomic E-state index is 0.884. The molecule has 1 aromatic carbocycles. The smallest absolute Gasteiger partial charge is 0.0233 e. The fourth-order valence-corrected chi connectivity index (χ4v) is 2.59. The average molecular weight is 232 g/mol. The number of nitrogens with one attached hydrogen (secondary N) is 1. The van der Waals surface area contributed by atoms with Crippen LogP contribution in [-0.4, -0.2) is 31.6 Å². The number of benzene rings is 1. The van der Waals surface area contributed by atoms with E-state index in [-0.39, 0.29) is 0 Å². The van der Waals surface area contributed by atoms with Gasteiger partial charge in [0.05, 0.1) is 0 Å². The Morgan fingerprint density at radius 3 is 2.41 bits per heavy atom. The Hall–Kier alpha value is -0.860. The molecule has 2 rings (SSSR count). The van der Waals surface area contributed by atoms with Crippen molar-refractivity contribution >= 4 is 0 Å². The summed E-state index contributed by atoms with van der Waals surface area (Å²) < 4.78 is 0. The van der Waals surface area contributed by atoms with Gasteiger partial charge in [0, 0.05) is 6.54 Å². The van der Waals surface area contributed by atoms with Crippen LogP contribution in [0.25, 0.3) is 0 Å². The molecule has 0 spiro atoms. The summed E-state index contributed by atoms with van der Waals surface area (Å²) >= 11 is 0. The van der Waals surface area contributed by atoms with Crippen molar-refractivity contribution < 1.29 is 0 Å². The lowest BCUT2D eigenvalue weighted by Crippen LogP contribution is -2.36. The first-order valence-electron chi connectivity index (χ1n) is 6.70. The molecule has 1 N–H and O–H groups in total. The minimum absolute atomic E-state index is 0.884. The molecule has 0 bridgehead atoms. The molecule has 1 fully saturated rings. The van der Waals surface area contributed by atoms with E-state index >= 15 is 0 Å². The molecular formula is C15H24N2. The van der Waals surface area contributed by atoms with Crippen LogP contribution in [0.2, 0.25) is 0 Å². The first-order valence-corrected chi connectivity index (χ1v) is 6.70. The second-order valence-electron chi connectivity index (χ2n) is 5.26. The van der Waals surface area contributed by atoms with Gasteiger partial charge in [-0.15, -0.1) is 0 Å². The van der Waals surface area contributed by atoms with Crippen molar-refractivity contribution in [2.45, 2.75) is 26.3 Å². The second-order valence-corrected chi connectivity index (χ2v) is 5.26. The maximum absolute atomic E-state index is 3.29. The molecule has 2 heteroatoms. The molecule has 1 saturated heterocycles. The molecule has 1 aliphatic heterocycles. The number of nitrogens with zero attached hydrogens (tertiary/aromatic N) is 1. The topological polar surface area (TPSA) is 15.3 Å². The zero-order valence-corrected chi connectivity index (χ0v) is 11.1. The molecule has 1 aromatic rings. The molecular weight excluding hydrogens is 208 g/mol. The van der Waals surface area contributed by atoms with Gasteiger partial charge in [0.1, 0.15) is 0 Å². The number of piperidine rings is 1. The zero-order chi connectivity index (χ0) is 12.1. The lowest BCUT2D eigenvalue weighted by atomic mass is 9.96. The van der Waals surface area contributed by atoms with E-state index in [1.807, 2.05) is 0 Å². The van der Waals surface area contributed by atoms with Gasteiger partial charge in [0.2, 0.25) is 0 Å². The second kappa shape index (κ2) is 6.18. The van der Waals surface area contributed by atoms with E-state index in [9.17, 15) is 0 Å². The highest BCUT2D eigenvalue weighted by Crippen LogP contribution is 2.18. The molecule has 0 saturated carbocycles. The Balaban J connectivity index is 1.79. The number of likely N-dealkylation sites (tertiary alicyclic amines) is 1. The van der Waals surface area contributed by atoms with Gasteiger partial charge < -0.3 is 5.32 Å². The van der Waals surface area contributed by atoms with Gasteiger partial charge in [0.25, 0.3) is 0 Å². The first-order chi connectivity index (χ1) is 8.28. The highest BCUT2D eigenvalue weighted by Gasteiger charge is 2.18. The fourth-order valence-electron chi connectivity index (χ4n) is 2.59. The summed E-state index contributed by atoms with van der Waals surface area (Å²) in [4.78, 5) is 2.58. The fraction of sp³-hybridized carbons (Fsp3) is 0.600. The molecule has 0 atom stereocenters. The summed E-state index contributed by atoms with van der Waals surface area (Å²) in [5.41, 5.74) is 2.80. The van der Waals surface area contributed by atoms with E-state index in [1.54, 1.807) is 0 Å². The Morgan fingerprint density at radius 2 is 1.82 bits per heavy atom. The first kappa shape index (κ1) is 12.6. The van der Waals surface area contributed by atoms with Crippen LogP contribution < -0.4 is 5.32 Å². The minimum Gasteiger partial charge on any atom is -0.319 e. The third-order valence-corrected chi connectivity index (χ3v) is 3.73. The van der Waals surface area contributed by atoms with E-state index in [2.05, 4.69) is 48.5 Å². The third kappa shape index (κ3) is 3.83. The van der Waals surface area contributed by atoms with Crippen LogP contribution >= 0.6 is 0 Å². The van der Waals surface area contributed by atoms with Gasteiger partial charge in [-0.2, -0.15) is 0 Å². The molecule has 0 unspecified atom stereocenters. The van der Waals surface area contributed by atoms with Crippen LogP contribution in [-0.2, 0) is 6.54 Å². The number of aryl methyl sites for hydroxylation is 1. The van der Waals surface area contributed by atoms with Crippen LogP contribution in [0.1, 0.15) is 24.0 Å². The van der Waals surface area contributed by atoms with Gasteiger partial charge in [0.15, 0.2) is 0 Å². The SMILES string of the molecule is CNCC1CCN(Cc2ccc(C)cc2)CC1. The number of hydrogen-bond donors (Lipinski definition) is 1. The van der Waals surface area contributed by atoms with Crippen LogP contribution in [0.5, 0.6) is 0 Å². The summed E-state index contributed by atoms with van der Waals surface area (Å²) in [6.07, 6.45) is 2.68. The molecule has 2 nitrogen and oxygen atoms in total. The van der Waals surface area contributed by atoms with Crippen molar-refractivity contribution in [2.24, 2.45) is 5.92 Å². The van der Waals surface area contributed by atoms with Gasteiger partial charge in [-0.1, -0.05) is 29.8 Å². The van der Waals surface area contributed by atoms with Gasteiger partial charge in [-0.25, -0.2) is 0 Å². The lowest BCUT2D eigenvalue weighted by Gasteiger charge is -2.31. The molecule has 1 heterocycles. The van der Waals surface area contributed by atoms with Gasteiger partial charge >= 0.3 is 0 Å². The summed E-state index contributed by atoms with van der Waals surface area (Å²) in [5.74, 6) is 0.884. The molecule has 1 aliphatic rings. The molecule has 0 aromatic heterocycles. The molecule has 0 amide bonds. The molecule has 94 valence electrons. The summed E-state index contributed by atoms with van der Waals surface area (Å²) in [5, 5.41) is 3.29. The third-order valence-electron chi connectivity index (χ3n) is 3.73. The summed E-state index contributed by atoms with van der Waals surface area (Å²) in [6, 6.07) is 8.94. The van der Waals surface area contributed by atoms with Crippen molar-refractivity contribution in [1.29, 1.82) is 0 Å². The predicted molar refractivity (Wildman–Crippen MR) is 73.1 cm³/mol. The van der Waals surface area contributed by atoms with Crippen LogP contribution in [0.3, 0.4) is 0 Å². The Bertz CT molecular complexity index is 323. The average Bonchev–Trinajstić information content (AvgIpc) is 2.35. The maximum Gasteiger partial charge on any atom is 0.0233 e. The quantitative estimate of drug-likeness (QED) is 0.857. The largest absolute Gasteiger partial charge is 0.319 e.